The van der Waals surface area contributed by atoms with Crippen LogP contribution in [0.2, 0.25) is 0 Å². The lowest BCUT2D eigenvalue weighted by atomic mass is 9.95. The van der Waals surface area contributed by atoms with Gasteiger partial charge in [0, 0.05) is 5.56 Å². The number of carbonyl (C=O) groups excluding carboxylic acids is 1. The summed E-state index contributed by atoms with van der Waals surface area (Å²) in [6, 6.07) is 16.3. The summed E-state index contributed by atoms with van der Waals surface area (Å²) in [6.45, 7) is 7.60. The Balaban J connectivity index is 1.76. The molecule has 0 spiro atoms. The van der Waals surface area contributed by atoms with E-state index < -0.39 is 12.0 Å². The minimum Gasteiger partial charge on any atom is -0.493 e. The Kier molecular flexibility index (Phi) is 8.69. The molecule has 1 aliphatic heterocycles. The number of esters is 1. The zero-order valence-electron chi connectivity index (χ0n) is 24.7. The highest BCUT2D eigenvalue weighted by molar-refractivity contribution is 7.07. The molecule has 0 saturated heterocycles. The topological polar surface area (TPSA) is 88.3 Å². The van der Waals surface area contributed by atoms with Gasteiger partial charge >= 0.3 is 5.97 Å². The summed E-state index contributed by atoms with van der Waals surface area (Å²) in [5, 5.41) is 1.90. The minimum atomic E-state index is -0.802. The van der Waals surface area contributed by atoms with Crippen molar-refractivity contribution in [2.45, 2.75) is 39.8 Å². The number of hydrogen-bond donors (Lipinski definition) is 0. The number of hydrogen-bond acceptors (Lipinski definition) is 8. The highest BCUT2D eigenvalue weighted by Crippen LogP contribution is 2.36. The average Bonchev–Trinajstić information content (AvgIpc) is 3.29. The largest absolute Gasteiger partial charge is 0.493 e. The van der Waals surface area contributed by atoms with Crippen LogP contribution in [-0.4, -0.2) is 37.0 Å². The number of methoxy groups -OCH3 is 1. The van der Waals surface area contributed by atoms with Crippen molar-refractivity contribution in [1.29, 1.82) is 0 Å². The molecule has 220 valence electrons. The normalized spacial score (nSPS) is 14.7. The Morgan fingerprint density at radius 3 is 2.63 bits per heavy atom. The molecule has 1 atom stereocenters. The fourth-order valence-corrected chi connectivity index (χ4v) is 6.14. The van der Waals surface area contributed by atoms with Crippen LogP contribution >= 0.6 is 11.3 Å². The predicted molar refractivity (Wildman–Crippen MR) is 167 cm³/mol. The van der Waals surface area contributed by atoms with Crippen LogP contribution in [0.4, 0.5) is 0 Å². The van der Waals surface area contributed by atoms with Gasteiger partial charge in [-0.3, -0.25) is 9.36 Å². The summed E-state index contributed by atoms with van der Waals surface area (Å²) in [5.74, 6) is 3.57. The predicted octanol–water partition coefficient (Wildman–Crippen LogP) is 4.76. The van der Waals surface area contributed by atoms with Crippen LogP contribution in [0, 0.1) is 12.3 Å². The first kappa shape index (κ1) is 29.7. The van der Waals surface area contributed by atoms with Crippen molar-refractivity contribution < 1.29 is 23.7 Å². The van der Waals surface area contributed by atoms with Crippen LogP contribution in [0.5, 0.6) is 17.2 Å². The van der Waals surface area contributed by atoms with Gasteiger partial charge in [-0.25, -0.2) is 9.79 Å². The Morgan fingerprint density at radius 1 is 1.14 bits per heavy atom. The second-order valence-corrected chi connectivity index (χ2v) is 11.1. The van der Waals surface area contributed by atoms with Crippen molar-refractivity contribution in [3.63, 3.8) is 0 Å². The molecule has 0 fully saturated rings. The van der Waals surface area contributed by atoms with Gasteiger partial charge in [0.05, 0.1) is 41.7 Å². The number of nitrogens with zero attached hydrogens (tertiary/aromatic N) is 2. The number of aromatic nitrogens is 1. The van der Waals surface area contributed by atoms with Crippen molar-refractivity contribution in [3.8, 4) is 29.6 Å². The van der Waals surface area contributed by atoms with E-state index in [0.29, 0.717) is 37.8 Å². The molecular formula is C34H32N2O6S. The first-order chi connectivity index (χ1) is 20.8. The fourth-order valence-electron chi connectivity index (χ4n) is 5.11. The number of carbonyl (C=O) groups is 1. The number of ether oxygens (including phenoxy) is 4. The number of thiazole rings is 1. The van der Waals surface area contributed by atoms with Crippen molar-refractivity contribution in [2.75, 3.05) is 20.3 Å². The van der Waals surface area contributed by atoms with Crippen molar-refractivity contribution >= 4 is 34.2 Å². The molecule has 0 radical (unpaired) electrons. The van der Waals surface area contributed by atoms with Crippen molar-refractivity contribution in [1.82, 2.24) is 4.57 Å². The van der Waals surface area contributed by atoms with Crippen molar-refractivity contribution in [3.05, 3.63) is 96.7 Å². The quantitative estimate of drug-likeness (QED) is 0.205. The molecule has 4 aromatic rings. The summed E-state index contributed by atoms with van der Waals surface area (Å²) in [5.41, 5.74) is 1.83. The first-order valence-corrected chi connectivity index (χ1v) is 14.7. The molecule has 0 unspecified atom stereocenters. The molecule has 0 bridgehead atoms. The van der Waals surface area contributed by atoms with E-state index in [1.165, 1.54) is 11.3 Å². The van der Waals surface area contributed by atoms with E-state index in [0.717, 1.165) is 16.3 Å². The van der Waals surface area contributed by atoms with Crippen LogP contribution in [-0.2, 0) is 9.53 Å². The summed E-state index contributed by atoms with van der Waals surface area (Å²) < 4.78 is 24.8. The third-order valence-electron chi connectivity index (χ3n) is 6.90. The second kappa shape index (κ2) is 12.6. The summed E-state index contributed by atoms with van der Waals surface area (Å²) in [4.78, 5) is 32.7. The number of terminal acetylenes is 1. The van der Waals surface area contributed by atoms with Crippen LogP contribution in [0.15, 0.2) is 75.7 Å². The molecular weight excluding hydrogens is 564 g/mol. The zero-order valence-corrected chi connectivity index (χ0v) is 25.5. The Labute approximate surface area is 253 Å². The fraction of sp³-hybridized carbons (Fsp3) is 0.265. The van der Waals surface area contributed by atoms with E-state index in [4.69, 9.17) is 25.4 Å². The molecule has 5 rings (SSSR count). The molecule has 0 amide bonds. The van der Waals surface area contributed by atoms with Gasteiger partial charge in [0.15, 0.2) is 16.3 Å². The number of rotatable bonds is 9. The van der Waals surface area contributed by atoms with Gasteiger partial charge < -0.3 is 18.9 Å². The van der Waals surface area contributed by atoms with E-state index in [-0.39, 0.29) is 30.5 Å². The SMILES string of the molecule is C#CCOc1ccc2ccccc2c1/C=c1/sc2n(c1=O)[C@@H](c1ccc(OC(C)C)c(OC)c1)C(C(=O)OCC)=C(C)N=2. The number of benzene rings is 3. The Hall–Kier alpha value is -4.81. The third kappa shape index (κ3) is 5.79. The molecule has 2 heterocycles. The van der Waals surface area contributed by atoms with Crippen LogP contribution in [0.25, 0.3) is 16.8 Å². The summed E-state index contributed by atoms with van der Waals surface area (Å²) in [7, 11) is 1.55. The van der Waals surface area contributed by atoms with Gasteiger partial charge in [-0.05, 0) is 68.3 Å². The maximum absolute atomic E-state index is 14.2. The third-order valence-corrected chi connectivity index (χ3v) is 7.88. The Bertz CT molecular complexity index is 1960. The van der Waals surface area contributed by atoms with E-state index in [2.05, 4.69) is 10.9 Å². The second-order valence-electron chi connectivity index (χ2n) is 10.1. The molecule has 8 nitrogen and oxygen atoms in total. The lowest BCUT2D eigenvalue weighted by Gasteiger charge is -2.25. The van der Waals surface area contributed by atoms with Gasteiger partial charge in [-0.1, -0.05) is 53.7 Å². The van der Waals surface area contributed by atoms with Crippen molar-refractivity contribution in [2.24, 2.45) is 4.99 Å². The molecule has 43 heavy (non-hydrogen) atoms. The zero-order chi connectivity index (χ0) is 30.7. The summed E-state index contributed by atoms with van der Waals surface area (Å²) in [6.07, 6.45) is 7.20. The van der Waals surface area contributed by atoms with Gasteiger partial charge in [0.25, 0.3) is 5.56 Å². The molecule has 1 aromatic heterocycles. The average molecular weight is 597 g/mol. The molecule has 9 heteroatoms. The molecule has 1 aliphatic rings. The standard InChI is InChI=1S/C34H32N2O6S/c1-7-17-41-26-15-13-22-11-9-10-12-24(22)25(26)19-29-32(37)36-31(23-14-16-27(42-20(3)4)28(18-23)39-6)30(33(38)40-8-2)21(5)35-34(36)43-29/h1,9-16,18-20,31H,8,17H2,2-6H3/b29-19+/t31-/m0/s1. The van der Waals surface area contributed by atoms with E-state index in [9.17, 15) is 9.59 Å². The molecule has 0 aliphatic carbocycles. The first-order valence-electron chi connectivity index (χ1n) is 13.9. The molecule has 0 N–H and O–H groups in total. The summed E-state index contributed by atoms with van der Waals surface area (Å²) >= 11 is 1.24. The maximum atomic E-state index is 14.2. The monoisotopic (exact) mass is 596 g/mol. The maximum Gasteiger partial charge on any atom is 0.338 e. The van der Waals surface area contributed by atoms with Gasteiger partial charge in [-0.15, -0.1) is 6.42 Å². The molecule has 0 saturated carbocycles. The lowest BCUT2D eigenvalue weighted by Crippen LogP contribution is -2.40. The highest BCUT2D eigenvalue weighted by Gasteiger charge is 2.34. The molecule has 3 aromatic carbocycles. The smallest absolute Gasteiger partial charge is 0.338 e. The van der Waals surface area contributed by atoms with Gasteiger partial charge in [0.1, 0.15) is 12.4 Å². The van der Waals surface area contributed by atoms with E-state index in [1.54, 1.807) is 43.7 Å². The van der Waals surface area contributed by atoms with E-state index >= 15 is 0 Å². The highest BCUT2D eigenvalue weighted by atomic mass is 32.1. The van der Waals surface area contributed by atoms with Crippen LogP contribution in [0.1, 0.15) is 44.9 Å². The van der Waals surface area contributed by atoms with Gasteiger partial charge in [-0.2, -0.15) is 0 Å². The van der Waals surface area contributed by atoms with Crippen LogP contribution in [0.3, 0.4) is 0 Å². The Morgan fingerprint density at radius 2 is 1.91 bits per heavy atom. The minimum absolute atomic E-state index is 0.0711. The van der Waals surface area contributed by atoms with E-state index in [1.807, 2.05) is 56.3 Å². The lowest BCUT2D eigenvalue weighted by molar-refractivity contribution is -0.139. The van der Waals surface area contributed by atoms with Gasteiger partial charge in [0.2, 0.25) is 0 Å². The number of fused-ring (bicyclic) bond motifs is 2. The van der Waals surface area contributed by atoms with Crippen LogP contribution < -0.4 is 29.1 Å². The number of allylic oxidation sites excluding steroid dienone is 1.